The average Bonchev–Trinajstić information content (AvgIpc) is 3.39. The molecule has 5 nitrogen and oxygen atoms in total. The highest BCUT2D eigenvalue weighted by Gasteiger charge is 2.40. The Kier molecular flexibility index (Phi) is 29.8. The fourth-order valence-electron chi connectivity index (χ4n) is 5.22. The maximum Gasteiger partial charge on any atom is 0.264 e. The average molecular weight is 717 g/mol. The van der Waals surface area contributed by atoms with Gasteiger partial charge in [0.05, 0.1) is 25.6 Å². The van der Waals surface area contributed by atoms with E-state index in [-0.39, 0.29) is 12.7 Å². The minimum Gasteiger partial charge on any atom is -0.347 e. The lowest BCUT2D eigenvalue weighted by atomic mass is 9.99. The molecule has 0 aromatic heterocycles. The molecule has 1 saturated heterocycles. The number of rotatable bonds is 34. The molecule has 1 heterocycles. The molecule has 1 rings (SSSR count). The molecule has 44 heavy (non-hydrogen) atoms. The van der Waals surface area contributed by atoms with Gasteiger partial charge in [-0.2, -0.15) is 55.5 Å². The predicted octanol–water partition coefficient (Wildman–Crippen LogP) is 10.5. The van der Waals surface area contributed by atoms with Crippen LogP contribution in [-0.4, -0.2) is 85.8 Å². The largest absolute Gasteiger partial charge is 0.347 e. The Bertz CT molecular complexity index is 693. The smallest absolute Gasteiger partial charge is 0.264 e. The van der Waals surface area contributed by atoms with Gasteiger partial charge in [-0.15, -0.1) is 0 Å². The summed E-state index contributed by atoms with van der Waals surface area (Å²) in [6.45, 7) is 5.23. The van der Waals surface area contributed by atoms with E-state index in [2.05, 4.69) is 60.9 Å². The van der Waals surface area contributed by atoms with Gasteiger partial charge in [0, 0.05) is 42.3 Å². The molecule has 264 valence electrons. The molecule has 10 heteroatoms. The Morgan fingerprint density at radius 1 is 0.614 bits per heavy atom. The fourth-order valence-corrected chi connectivity index (χ4v) is 10.1. The number of thioether (sulfide) groups is 4. The molecular formula is C34H68O5S5. The molecule has 1 aliphatic heterocycles. The van der Waals surface area contributed by atoms with Crippen molar-refractivity contribution >= 4 is 57.2 Å². The molecule has 1 fully saturated rings. The zero-order valence-electron chi connectivity index (χ0n) is 28.7. The Morgan fingerprint density at radius 2 is 1.02 bits per heavy atom. The molecule has 0 saturated carbocycles. The first-order valence-corrected chi connectivity index (χ1v) is 24.3. The Balaban J connectivity index is 2.19. The summed E-state index contributed by atoms with van der Waals surface area (Å²) in [7, 11) is -3.42. The zero-order valence-corrected chi connectivity index (χ0v) is 32.7. The SMILES string of the molecule is CCCCSCCSCCCCCCCCC1(CCCCCCCCSCCSCCCC)OCC(CCOS(C)(=O)=O)O1. The van der Waals surface area contributed by atoms with E-state index in [0.717, 1.165) is 31.9 Å². The van der Waals surface area contributed by atoms with Gasteiger partial charge >= 0.3 is 0 Å². The second-order valence-corrected chi connectivity index (χ2v) is 18.7. The van der Waals surface area contributed by atoms with Gasteiger partial charge in [-0.25, -0.2) is 0 Å². The minimum atomic E-state index is -3.42. The molecule has 0 spiro atoms. The van der Waals surface area contributed by atoms with Crippen LogP contribution in [0.4, 0.5) is 0 Å². The first kappa shape index (κ1) is 43.3. The van der Waals surface area contributed by atoms with Crippen LogP contribution in [0.3, 0.4) is 0 Å². The lowest BCUT2D eigenvalue weighted by Crippen LogP contribution is -2.31. The Morgan fingerprint density at radius 3 is 1.45 bits per heavy atom. The molecule has 0 amide bonds. The Labute approximate surface area is 290 Å². The maximum absolute atomic E-state index is 11.4. The van der Waals surface area contributed by atoms with Crippen molar-refractivity contribution in [2.75, 3.05) is 65.5 Å². The third-order valence-corrected chi connectivity index (χ3v) is 13.3. The molecule has 0 aromatic rings. The van der Waals surface area contributed by atoms with Crippen LogP contribution in [0.2, 0.25) is 0 Å². The van der Waals surface area contributed by atoms with Gasteiger partial charge in [0.15, 0.2) is 5.79 Å². The first-order chi connectivity index (χ1) is 21.4. The van der Waals surface area contributed by atoms with E-state index in [1.807, 2.05) is 0 Å². The summed E-state index contributed by atoms with van der Waals surface area (Å²) in [5.74, 6) is 9.98. The quantitative estimate of drug-likeness (QED) is 0.0478. The zero-order chi connectivity index (χ0) is 32.0. The lowest BCUT2D eigenvalue weighted by molar-refractivity contribution is -0.180. The topological polar surface area (TPSA) is 61.8 Å². The van der Waals surface area contributed by atoms with E-state index in [0.29, 0.717) is 13.0 Å². The third-order valence-electron chi connectivity index (χ3n) is 7.87. The van der Waals surface area contributed by atoms with Gasteiger partial charge < -0.3 is 9.47 Å². The summed E-state index contributed by atoms with van der Waals surface area (Å²) >= 11 is 8.47. The fraction of sp³-hybridized carbons (Fsp3) is 1.00. The highest BCUT2D eigenvalue weighted by Crippen LogP contribution is 2.35. The van der Waals surface area contributed by atoms with Crippen LogP contribution in [0.5, 0.6) is 0 Å². The van der Waals surface area contributed by atoms with Crippen molar-refractivity contribution in [3.05, 3.63) is 0 Å². The third kappa shape index (κ3) is 27.2. The van der Waals surface area contributed by atoms with Crippen LogP contribution in [-0.2, 0) is 23.8 Å². The number of hydrogen-bond donors (Lipinski definition) is 0. The predicted molar refractivity (Wildman–Crippen MR) is 203 cm³/mol. The van der Waals surface area contributed by atoms with Crippen LogP contribution in [0.25, 0.3) is 0 Å². The summed E-state index contributed by atoms with van der Waals surface area (Å²) in [5.41, 5.74) is 0. The van der Waals surface area contributed by atoms with Crippen molar-refractivity contribution in [1.29, 1.82) is 0 Å². The second-order valence-electron chi connectivity index (χ2n) is 12.2. The van der Waals surface area contributed by atoms with E-state index >= 15 is 0 Å². The minimum absolute atomic E-state index is 0.0816. The summed E-state index contributed by atoms with van der Waals surface area (Å²) in [6.07, 6.45) is 24.1. The monoisotopic (exact) mass is 716 g/mol. The maximum atomic E-state index is 11.4. The van der Waals surface area contributed by atoms with Crippen molar-refractivity contribution in [2.24, 2.45) is 0 Å². The van der Waals surface area contributed by atoms with Crippen LogP contribution >= 0.6 is 47.0 Å². The van der Waals surface area contributed by atoms with E-state index in [1.54, 1.807) is 0 Å². The molecule has 1 atom stereocenters. The summed E-state index contributed by atoms with van der Waals surface area (Å²) in [5, 5.41) is 0. The van der Waals surface area contributed by atoms with Crippen molar-refractivity contribution in [1.82, 2.24) is 0 Å². The van der Waals surface area contributed by atoms with Crippen molar-refractivity contribution < 1.29 is 22.1 Å². The van der Waals surface area contributed by atoms with E-state index in [9.17, 15) is 8.42 Å². The molecule has 0 N–H and O–H groups in total. The van der Waals surface area contributed by atoms with Crippen molar-refractivity contribution in [3.63, 3.8) is 0 Å². The highest BCUT2D eigenvalue weighted by atomic mass is 32.2. The Hall–Kier alpha value is 1.23. The normalized spacial score (nSPS) is 16.7. The van der Waals surface area contributed by atoms with Gasteiger partial charge in [-0.1, -0.05) is 78.1 Å². The lowest BCUT2D eigenvalue weighted by Gasteiger charge is -2.28. The van der Waals surface area contributed by atoms with Crippen LogP contribution in [0.1, 0.15) is 136 Å². The molecule has 0 radical (unpaired) electrons. The molecule has 1 unspecified atom stereocenters. The van der Waals surface area contributed by atoms with Crippen LogP contribution in [0.15, 0.2) is 0 Å². The van der Waals surface area contributed by atoms with Gasteiger partial charge in [0.25, 0.3) is 10.1 Å². The molecule has 0 aromatic carbocycles. The van der Waals surface area contributed by atoms with Gasteiger partial charge in [-0.05, 0) is 61.5 Å². The molecule has 1 aliphatic rings. The van der Waals surface area contributed by atoms with Crippen molar-refractivity contribution in [3.8, 4) is 0 Å². The summed E-state index contributed by atoms with van der Waals surface area (Å²) < 4.78 is 40.5. The first-order valence-electron chi connectivity index (χ1n) is 17.9. The molecule has 0 bridgehead atoms. The number of hydrogen-bond acceptors (Lipinski definition) is 9. The van der Waals surface area contributed by atoms with Gasteiger partial charge in [0.1, 0.15) is 0 Å². The highest BCUT2D eigenvalue weighted by molar-refractivity contribution is 8.03. The summed E-state index contributed by atoms with van der Waals surface area (Å²) in [6, 6.07) is 0. The summed E-state index contributed by atoms with van der Waals surface area (Å²) in [4.78, 5) is 0. The van der Waals surface area contributed by atoms with Gasteiger partial charge in [-0.3, -0.25) is 4.18 Å². The van der Waals surface area contributed by atoms with Crippen molar-refractivity contribution in [2.45, 2.75) is 148 Å². The van der Waals surface area contributed by atoms with Gasteiger partial charge in [0.2, 0.25) is 0 Å². The van der Waals surface area contributed by atoms with E-state index in [1.165, 1.54) is 136 Å². The van der Waals surface area contributed by atoms with Crippen LogP contribution in [0, 0.1) is 0 Å². The number of ether oxygens (including phenoxy) is 2. The molecular weight excluding hydrogens is 649 g/mol. The second kappa shape index (κ2) is 30.3. The van der Waals surface area contributed by atoms with Crippen LogP contribution < -0.4 is 0 Å². The standard InChI is InChI=1S/C34H68O5S5/c1-4-6-24-40-28-30-42-26-18-14-10-8-12-16-21-34(37-32-33(39-34)20-23-38-44(3,35)36)22-17-13-9-11-15-19-27-43-31-29-41-25-7-5-2/h33H,4-32H2,1-3H3. The van der Waals surface area contributed by atoms with E-state index in [4.69, 9.17) is 13.7 Å². The van der Waals surface area contributed by atoms with E-state index < -0.39 is 15.9 Å². The molecule has 0 aliphatic carbocycles. The number of unbranched alkanes of at least 4 members (excludes halogenated alkanes) is 12.